The molecule has 0 spiro atoms. The van der Waals surface area contributed by atoms with E-state index >= 15 is 0 Å². The molecule has 1 saturated heterocycles. The van der Waals surface area contributed by atoms with Crippen molar-refractivity contribution in [1.29, 1.82) is 0 Å². The molecule has 1 fully saturated rings. The summed E-state index contributed by atoms with van der Waals surface area (Å²) in [7, 11) is 0. The lowest BCUT2D eigenvalue weighted by molar-refractivity contribution is -0.137. The molecule has 0 radical (unpaired) electrons. The molecule has 10 heteroatoms. The van der Waals surface area contributed by atoms with E-state index in [4.69, 9.17) is 9.47 Å². The number of carbonyl (C=O) groups excluding carboxylic acids is 1. The molecule has 1 aliphatic rings. The molecule has 3 aromatic rings. The van der Waals surface area contributed by atoms with Crippen molar-refractivity contribution in [2.45, 2.75) is 38.5 Å². The number of amides is 1. The fourth-order valence-corrected chi connectivity index (χ4v) is 4.04. The Morgan fingerprint density at radius 1 is 1.14 bits per heavy atom. The van der Waals surface area contributed by atoms with Gasteiger partial charge in [-0.05, 0) is 43.5 Å². The van der Waals surface area contributed by atoms with E-state index in [-0.39, 0.29) is 23.9 Å². The van der Waals surface area contributed by atoms with E-state index in [2.05, 4.69) is 15.3 Å². The van der Waals surface area contributed by atoms with E-state index in [1.807, 2.05) is 36.1 Å². The highest BCUT2D eigenvalue weighted by Crippen LogP contribution is 2.31. The lowest BCUT2D eigenvalue weighted by Crippen LogP contribution is -2.41. The summed E-state index contributed by atoms with van der Waals surface area (Å²) in [5, 5.41) is 2.63. The lowest BCUT2D eigenvalue weighted by atomic mass is 10.1. The number of ether oxygens (including phenoxy) is 2. The van der Waals surface area contributed by atoms with Crippen LogP contribution >= 0.6 is 0 Å². The molecule has 1 amide bonds. The third kappa shape index (κ3) is 6.65. The molecule has 0 bridgehead atoms. The summed E-state index contributed by atoms with van der Waals surface area (Å²) in [6.45, 7) is 3.79. The van der Waals surface area contributed by atoms with E-state index in [0.717, 1.165) is 31.5 Å². The largest absolute Gasteiger partial charge is 0.490 e. The first-order valence-electron chi connectivity index (χ1n) is 11.7. The zero-order valence-corrected chi connectivity index (χ0v) is 19.8. The number of nitrogens with zero attached hydrogens (tertiary/aromatic N) is 3. The molecule has 7 nitrogen and oxygen atoms in total. The van der Waals surface area contributed by atoms with Gasteiger partial charge in [0.25, 0.3) is 0 Å². The number of nitrogens with one attached hydrogen (secondary N) is 1. The van der Waals surface area contributed by atoms with Crippen LogP contribution in [0.1, 0.15) is 30.9 Å². The van der Waals surface area contributed by atoms with Gasteiger partial charge in [-0.3, -0.25) is 9.78 Å². The Balaban J connectivity index is 1.39. The SMILES string of the molecule is CCOc1ccccc1OC1CCCN(c2cncc(NC(=O)Cc3cccc(C(F)(F)F)c3)n2)C1. The van der Waals surface area contributed by atoms with Crippen molar-refractivity contribution < 1.29 is 27.4 Å². The van der Waals surface area contributed by atoms with E-state index in [1.54, 1.807) is 6.20 Å². The average molecular weight is 501 g/mol. The molecule has 1 N–H and O–H groups in total. The Hall–Kier alpha value is -3.82. The second-order valence-corrected chi connectivity index (χ2v) is 8.39. The first-order valence-corrected chi connectivity index (χ1v) is 11.7. The second kappa shape index (κ2) is 11.3. The fourth-order valence-electron chi connectivity index (χ4n) is 4.04. The minimum absolute atomic E-state index is 0.0821. The molecule has 4 rings (SSSR count). The molecule has 2 aromatic carbocycles. The van der Waals surface area contributed by atoms with Gasteiger partial charge in [-0.2, -0.15) is 13.2 Å². The first kappa shape index (κ1) is 25.3. The van der Waals surface area contributed by atoms with Crippen molar-refractivity contribution >= 4 is 17.5 Å². The van der Waals surface area contributed by atoms with Crippen LogP contribution in [0.3, 0.4) is 0 Å². The van der Waals surface area contributed by atoms with Gasteiger partial charge in [-0.15, -0.1) is 0 Å². The van der Waals surface area contributed by atoms with Crippen molar-refractivity contribution in [3.05, 3.63) is 72.1 Å². The maximum atomic E-state index is 12.9. The number of alkyl halides is 3. The van der Waals surface area contributed by atoms with Crippen LogP contribution < -0.4 is 19.7 Å². The maximum Gasteiger partial charge on any atom is 0.416 e. The molecule has 1 unspecified atom stereocenters. The van der Waals surface area contributed by atoms with Crippen LogP contribution in [0, 0.1) is 0 Å². The molecule has 1 atom stereocenters. The number of para-hydroxylation sites is 2. The number of carbonyl (C=O) groups is 1. The Kier molecular flexibility index (Phi) is 7.92. The fraction of sp³-hybridized carbons (Fsp3) is 0.346. The number of hydrogen-bond acceptors (Lipinski definition) is 6. The van der Waals surface area contributed by atoms with Gasteiger partial charge >= 0.3 is 6.18 Å². The minimum atomic E-state index is -4.46. The van der Waals surface area contributed by atoms with Crippen LogP contribution in [-0.2, 0) is 17.4 Å². The van der Waals surface area contributed by atoms with Crippen LogP contribution in [0.5, 0.6) is 11.5 Å². The van der Waals surface area contributed by atoms with Crippen molar-refractivity contribution in [1.82, 2.24) is 9.97 Å². The summed E-state index contributed by atoms with van der Waals surface area (Å²) in [5.74, 6) is 1.72. The van der Waals surface area contributed by atoms with Gasteiger partial charge < -0.3 is 19.7 Å². The predicted molar refractivity (Wildman–Crippen MR) is 129 cm³/mol. The molecule has 1 aromatic heterocycles. The Morgan fingerprint density at radius 3 is 2.72 bits per heavy atom. The van der Waals surface area contributed by atoms with Gasteiger partial charge in [-0.25, -0.2) is 4.98 Å². The second-order valence-electron chi connectivity index (χ2n) is 8.39. The number of halogens is 3. The maximum absolute atomic E-state index is 12.9. The summed E-state index contributed by atoms with van der Waals surface area (Å²) in [6.07, 6.45) is 0.0131. The first-order chi connectivity index (χ1) is 17.3. The van der Waals surface area contributed by atoms with Crippen molar-refractivity contribution in [2.75, 3.05) is 29.9 Å². The third-order valence-electron chi connectivity index (χ3n) is 5.65. The number of rotatable bonds is 8. The van der Waals surface area contributed by atoms with Gasteiger partial charge in [0.1, 0.15) is 11.9 Å². The Bertz CT molecular complexity index is 1190. The van der Waals surface area contributed by atoms with E-state index < -0.39 is 17.6 Å². The zero-order chi connectivity index (χ0) is 25.5. The summed E-state index contributed by atoms with van der Waals surface area (Å²) >= 11 is 0. The van der Waals surface area contributed by atoms with E-state index in [1.165, 1.54) is 18.3 Å². The van der Waals surface area contributed by atoms with Gasteiger partial charge in [0.05, 0.1) is 37.5 Å². The number of aromatic nitrogens is 2. The quantitative estimate of drug-likeness (QED) is 0.463. The Morgan fingerprint density at radius 2 is 1.94 bits per heavy atom. The lowest BCUT2D eigenvalue weighted by Gasteiger charge is -2.33. The van der Waals surface area contributed by atoms with Gasteiger partial charge in [0.2, 0.25) is 5.91 Å². The highest BCUT2D eigenvalue weighted by Gasteiger charge is 2.30. The number of hydrogen-bond donors (Lipinski definition) is 1. The molecular formula is C26H27F3N4O3. The number of anilines is 2. The van der Waals surface area contributed by atoms with Crippen LogP contribution in [0.4, 0.5) is 24.8 Å². The molecule has 190 valence electrons. The van der Waals surface area contributed by atoms with Crippen molar-refractivity contribution in [3.63, 3.8) is 0 Å². The predicted octanol–water partition coefficient (Wildman–Crippen LogP) is 5.12. The van der Waals surface area contributed by atoms with Crippen molar-refractivity contribution in [3.8, 4) is 11.5 Å². The average Bonchev–Trinajstić information content (AvgIpc) is 2.85. The summed E-state index contributed by atoms with van der Waals surface area (Å²) in [4.78, 5) is 23.2. The molecule has 0 aliphatic carbocycles. The van der Waals surface area contributed by atoms with E-state index in [9.17, 15) is 18.0 Å². The summed E-state index contributed by atoms with van der Waals surface area (Å²) < 4.78 is 50.7. The Labute approximate surface area is 207 Å². The monoisotopic (exact) mass is 500 g/mol. The van der Waals surface area contributed by atoms with Crippen LogP contribution in [0.25, 0.3) is 0 Å². The number of benzene rings is 2. The minimum Gasteiger partial charge on any atom is -0.490 e. The third-order valence-corrected chi connectivity index (χ3v) is 5.65. The van der Waals surface area contributed by atoms with Crippen LogP contribution in [0.2, 0.25) is 0 Å². The summed E-state index contributed by atoms with van der Waals surface area (Å²) in [5.41, 5.74) is -0.532. The molecule has 1 aliphatic heterocycles. The van der Waals surface area contributed by atoms with Gasteiger partial charge in [0, 0.05) is 6.54 Å². The van der Waals surface area contributed by atoms with Gasteiger partial charge in [0.15, 0.2) is 17.3 Å². The van der Waals surface area contributed by atoms with Crippen molar-refractivity contribution in [2.24, 2.45) is 0 Å². The van der Waals surface area contributed by atoms with Crippen LogP contribution in [0.15, 0.2) is 60.9 Å². The molecule has 0 saturated carbocycles. The standard InChI is InChI=1S/C26H27F3N4O3/c1-2-35-21-10-3-4-11-22(21)36-20-9-6-12-33(17-20)24-16-30-15-23(31-24)32-25(34)14-18-7-5-8-19(13-18)26(27,28)29/h3-5,7-8,10-11,13,15-16,20H,2,6,9,12,14,17H2,1H3,(H,31,32,34). The molecule has 36 heavy (non-hydrogen) atoms. The van der Waals surface area contributed by atoms with E-state index in [0.29, 0.717) is 30.5 Å². The number of piperidine rings is 1. The zero-order valence-electron chi connectivity index (χ0n) is 19.8. The highest BCUT2D eigenvalue weighted by molar-refractivity contribution is 5.91. The topological polar surface area (TPSA) is 76.6 Å². The molecule has 2 heterocycles. The highest BCUT2D eigenvalue weighted by atomic mass is 19.4. The summed E-state index contributed by atoms with van der Waals surface area (Å²) in [6, 6.07) is 12.3. The smallest absolute Gasteiger partial charge is 0.416 e. The van der Waals surface area contributed by atoms with Crippen LogP contribution in [-0.4, -0.2) is 41.7 Å². The molecular weight excluding hydrogens is 473 g/mol. The van der Waals surface area contributed by atoms with Gasteiger partial charge in [-0.1, -0.05) is 30.3 Å². The normalized spacial score (nSPS) is 15.9.